The Morgan fingerprint density at radius 3 is 2.53 bits per heavy atom. The summed E-state index contributed by atoms with van der Waals surface area (Å²) in [5.41, 5.74) is 3.54. The van der Waals surface area contributed by atoms with Gasteiger partial charge in [-0.05, 0) is 49.8 Å². The monoisotopic (exact) mass is 483 g/mol. The molecular formula is C22H28F3N5O4. The van der Waals surface area contributed by atoms with Crippen molar-refractivity contribution in [3.05, 3.63) is 35.4 Å². The number of carbonyl (C=O) groups excluding carboxylic acids is 3. The van der Waals surface area contributed by atoms with Crippen LogP contribution in [0.25, 0.3) is 0 Å². The average molecular weight is 483 g/mol. The number of ether oxygens (including phenoxy) is 1. The van der Waals surface area contributed by atoms with E-state index < -0.39 is 34.8 Å². The largest absolute Gasteiger partial charge is 0.416 e. The fraction of sp³-hybridized carbons (Fsp3) is 0.591. The zero-order chi connectivity index (χ0) is 24.6. The lowest BCUT2D eigenvalue weighted by molar-refractivity contribution is -0.188. The summed E-state index contributed by atoms with van der Waals surface area (Å²) >= 11 is 0. The highest BCUT2D eigenvalue weighted by Gasteiger charge is 2.71. The van der Waals surface area contributed by atoms with Crippen LogP contribution in [0.5, 0.6) is 0 Å². The molecule has 1 saturated heterocycles. The summed E-state index contributed by atoms with van der Waals surface area (Å²) in [7, 11) is 0. The van der Waals surface area contributed by atoms with E-state index >= 15 is 0 Å². The minimum Gasteiger partial charge on any atom is -0.376 e. The zero-order valence-electron chi connectivity index (χ0n) is 18.5. The molecule has 3 saturated carbocycles. The van der Waals surface area contributed by atoms with E-state index in [2.05, 4.69) is 16.0 Å². The summed E-state index contributed by atoms with van der Waals surface area (Å²) in [5, 5.41) is 8.02. The van der Waals surface area contributed by atoms with Crippen molar-refractivity contribution in [1.82, 2.24) is 20.9 Å². The highest BCUT2D eigenvalue weighted by atomic mass is 19.4. The van der Waals surface area contributed by atoms with E-state index in [0.29, 0.717) is 38.0 Å². The summed E-state index contributed by atoms with van der Waals surface area (Å²) in [6, 6.07) is 3.63. The van der Waals surface area contributed by atoms with Crippen LogP contribution in [0.4, 0.5) is 22.8 Å². The second-order valence-corrected chi connectivity index (χ2v) is 9.40. The number of nitrogens with two attached hydrogens (primary N) is 1. The highest BCUT2D eigenvalue weighted by molar-refractivity contribution is 5.84. The van der Waals surface area contributed by atoms with Crippen molar-refractivity contribution in [2.75, 3.05) is 19.7 Å². The van der Waals surface area contributed by atoms with Crippen molar-refractivity contribution < 1.29 is 32.3 Å². The molecule has 12 heteroatoms. The van der Waals surface area contributed by atoms with Gasteiger partial charge in [0.05, 0.1) is 18.2 Å². The predicted molar refractivity (Wildman–Crippen MR) is 114 cm³/mol. The van der Waals surface area contributed by atoms with Gasteiger partial charge in [0.25, 0.3) is 0 Å². The Bertz CT molecular complexity index is 944. The number of hydrogen-bond acceptors (Lipinski definition) is 4. The molecule has 1 atom stereocenters. The highest BCUT2D eigenvalue weighted by Crippen LogP contribution is 2.63. The van der Waals surface area contributed by atoms with Gasteiger partial charge in [0.1, 0.15) is 0 Å². The minimum absolute atomic E-state index is 0.0171. The molecule has 0 radical (unpaired) electrons. The number of urea groups is 2. The van der Waals surface area contributed by atoms with Crippen LogP contribution >= 0.6 is 0 Å². The van der Waals surface area contributed by atoms with Gasteiger partial charge >= 0.3 is 18.2 Å². The van der Waals surface area contributed by atoms with Gasteiger partial charge in [0, 0.05) is 30.8 Å². The number of amides is 5. The first kappa shape index (κ1) is 24.1. The van der Waals surface area contributed by atoms with Crippen molar-refractivity contribution in [2.24, 2.45) is 5.73 Å². The Kier molecular flexibility index (Phi) is 6.36. The number of benzene rings is 1. The molecule has 5 rings (SSSR count). The van der Waals surface area contributed by atoms with Crippen molar-refractivity contribution in [1.29, 1.82) is 0 Å². The summed E-state index contributed by atoms with van der Waals surface area (Å²) in [6.45, 7) is 0.704. The van der Waals surface area contributed by atoms with Crippen molar-refractivity contribution in [3.63, 3.8) is 0 Å². The SMILES string of the molecule is NC(=O)NCC(=O)N(Cc1cccc(C(F)(F)F)c1)C12CC(NC(=O)NCC3CCCO3)(C1)C2. The van der Waals surface area contributed by atoms with Crippen LogP contribution in [-0.4, -0.2) is 59.7 Å². The molecule has 34 heavy (non-hydrogen) atoms. The first-order chi connectivity index (χ1) is 16.0. The molecule has 1 aromatic rings. The molecule has 4 aliphatic rings. The maximum absolute atomic E-state index is 13.1. The van der Waals surface area contributed by atoms with Gasteiger partial charge in [-0.25, -0.2) is 9.59 Å². The second-order valence-electron chi connectivity index (χ2n) is 9.40. The van der Waals surface area contributed by atoms with E-state index in [1.807, 2.05) is 0 Å². The summed E-state index contributed by atoms with van der Waals surface area (Å²) in [6.07, 6.45) is -1.16. The molecule has 3 aliphatic carbocycles. The van der Waals surface area contributed by atoms with E-state index in [4.69, 9.17) is 10.5 Å². The second kappa shape index (κ2) is 8.97. The third-order valence-corrected chi connectivity index (χ3v) is 6.78. The molecule has 0 aromatic heterocycles. The molecule has 5 amide bonds. The molecule has 2 bridgehead atoms. The molecule has 5 N–H and O–H groups in total. The number of nitrogens with zero attached hydrogens (tertiary/aromatic N) is 1. The fourth-order valence-electron chi connectivity index (χ4n) is 5.26. The Morgan fingerprint density at radius 2 is 1.91 bits per heavy atom. The third-order valence-electron chi connectivity index (χ3n) is 6.78. The van der Waals surface area contributed by atoms with Crippen molar-refractivity contribution in [3.8, 4) is 0 Å². The van der Waals surface area contributed by atoms with Gasteiger partial charge in [-0.2, -0.15) is 13.2 Å². The van der Waals surface area contributed by atoms with E-state index in [-0.39, 0.29) is 25.2 Å². The Morgan fingerprint density at radius 1 is 1.18 bits per heavy atom. The van der Waals surface area contributed by atoms with Gasteiger partial charge in [0.15, 0.2) is 0 Å². The molecule has 4 fully saturated rings. The van der Waals surface area contributed by atoms with Crippen molar-refractivity contribution >= 4 is 18.0 Å². The summed E-state index contributed by atoms with van der Waals surface area (Å²) in [4.78, 5) is 37.8. The molecule has 1 aliphatic heterocycles. The quantitative estimate of drug-likeness (QED) is 0.450. The number of rotatable bonds is 8. The maximum atomic E-state index is 13.1. The lowest BCUT2D eigenvalue weighted by Gasteiger charge is -2.73. The van der Waals surface area contributed by atoms with Crippen LogP contribution in [0.1, 0.15) is 43.2 Å². The lowest BCUT2D eigenvalue weighted by atomic mass is 9.43. The standard InChI is InChI=1S/C22H28F3N5O4/c23-22(24,25)15-4-1-3-14(7-15)10-30(17(31)9-27-18(26)32)21-11-20(12-21,13-21)29-19(33)28-8-16-5-2-6-34-16/h1,3-4,7,16H,2,5-6,8-13H2,(H3,26,27,32)(H2,28,29,33). The Hall–Kier alpha value is -3.02. The number of nitrogens with one attached hydrogen (secondary N) is 3. The first-order valence-electron chi connectivity index (χ1n) is 11.2. The van der Waals surface area contributed by atoms with Gasteiger partial charge in [-0.3, -0.25) is 4.79 Å². The number of alkyl halides is 3. The van der Waals surface area contributed by atoms with Crippen LogP contribution in [0.15, 0.2) is 24.3 Å². The topological polar surface area (TPSA) is 126 Å². The zero-order valence-corrected chi connectivity index (χ0v) is 18.5. The van der Waals surface area contributed by atoms with Crippen LogP contribution in [-0.2, 0) is 22.3 Å². The summed E-state index contributed by atoms with van der Waals surface area (Å²) in [5.74, 6) is -0.452. The third kappa shape index (κ3) is 5.06. The van der Waals surface area contributed by atoms with Gasteiger partial charge < -0.3 is 31.3 Å². The molecule has 1 heterocycles. The predicted octanol–water partition coefficient (Wildman–Crippen LogP) is 1.86. The number of carbonyl (C=O) groups is 3. The van der Waals surface area contributed by atoms with Crippen LogP contribution in [0, 0.1) is 0 Å². The van der Waals surface area contributed by atoms with Gasteiger partial charge in [0.2, 0.25) is 5.91 Å². The van der Waals surface area contributed by atoms with Crippen LogP contribution < -0.4 is 21.7 Å². The Balaban J connectivity index is 1.39. The van der Waals surface area contributed by atoms with Crippen LogP contribution in [0.2, 0.25) is 0 Å². The smallest absolute Gasteiger partial charge is 0.376 e. The normalized spacial score (nSPS) is 27.2. The number of primary amides is 1. The van der Waals surface area contributed by atoms with E-state index in [9.17, 15) is 27.6 Å². The molecule has 1 unspecified atom stereocenters. The van der Waals surface area contributed by atoms with Crippen LogP contribution in [0.3, 0.4) is 0 Å². The Labute approximate surface area is 194 Å². The molecule has 1 aromatic carbocycles. The fourth-order valence-corrected chi connectivity index (χ4v) is 5.26. The minimum atomic E-state index is -4.50. The van der Waals surface area contributed by atoms with Crippen molar-refractivity contribution in [2.45, 2.75) is 62.0 Å². The number of halogens is 3. The molecule has 9 nitrogen and oxygen atoms in total. The molecule has 0 spiro atoms. The maximum Gasteiger partial charge on any atom is 0.416 e. The van der Waals surface area contributed by atoms with E-state index in [0.717, 1.165) is 25.0 Å². The average Bonchev–Trinajstić information content (AvgIpc) is 3.24. The van der Waals surface area contributed by atoms with Gasteiger partial charge in [-0.1, -0.05) is 12.1 Å². The van der Waals surface area contributed by atoms with E-state index in [1.165, 1.54) is 17.0 Å². The molecule has 186 valence electrons. The number of hydrogen-bond donors (Lipinski definition) is 4. The molecular weight excluding hydrogens is 455 g/mol. The van der Waals surface area contributed by atoms with E-state index in [1.54, 1.807) is 0 Å². The first-order valence-corrected chi connectivity index (χ1v) is 11.2. The lowest BCUT2D eigenvalue weighted by Crippen LogP contribution is -2.84. The van der Waals surface area contributed by atoms with Gasteiger partial charge in [-0.15, -0.1) is 0 Å². The summed E-state index contributed by atoms with van der Waals surface area (Å²) < 4.78 is 44.9.